The minimum absolute atomic E-state index is 0.117. The number of rotatable bonds is 2. The Morgan fingerprint density at radius 1 is 1.17 bits per heavy atom. The number of aromatic hydroxyl groups is 1. The quantitative estimate of drug-likeness (QED) is 0.851. The van der Waals surface area contributed by atoms with Gasteiger partial charge in [0, 0.05) is 5.56 Å². The lowest BCUT2D eigenvalue weighted by atomic mass is 9.65. The molecular weight excluding hydrogens is 224 g/mol. The Labute approximate surface area is 110 Å². The number of benzene rings is 1. The summed E-state index contributed by atoms with van der Waals surface area (Å²) in [5.74, 6) is 1.13. The Balaban J connectivity index is 2.55. The molecule has 0 aromatic heterocycles. The lowest BCUT2D eigenvalue weighted by molar-refractivity contribution is 0.223. The van der Waals surface area contributed by atoms with Crippen LogP contribution in [0.2, 0.25) is 0 Å². The smallest absolute Gasteiger partial charge is 0.125 e. The molecule has 1 aromatic rings. The van der Waals surface area contributed by atoms with Crippen molar-refractivity contribution in [1.82, 2.24) is 0 Å². The van der Waals surface area contributed by atoms with Crippen LogP contribution in [-0.2, 0) is 5.41 Å². The molecule has 1 aliphatic rings. The summed E-state index contributed by atoms with van der Waals surface area (Å²) in [5, 5.41) is 10.1. The van der Waals surface area contributed by atoms with Crippen molar-refractivity contribution in [1.29, 1.82) is 0 Å². The first-order chi connectivity index (χ1) is 8.32. The van der Waals surface area contributed by atoms with Crippen LogP contribution >= 0.6 is 0 Å². The van der Waals surface area contributed by atoms with Crippen LogP contribution in [0.4, 0.5) is 0 Å². The maximum atomic E-state index is 10.1. The van der Waals surface area contributed by atoms with E-state index in [-0.39, 0.29) is 10.8 Å². The minimum atomic E-state index is 0.117. The fraction of sp³-hybridized carbons (Fsp3) is 0.625. The van der Waals surface area contributed by atoms with Crippen molar-refractivity contribution >= 4 is 0 Å². The maximum absolute atomic E-state index is 10.1. The molecule has 2 nitrogen and oxygen atoms in total. The van der Waals surface area contributed by atoms with Gasteiger partial charge in [-0.25, -0.2) is 0 Å². The van der Waals surface area contributed by atoms with E-state index in [0.29, 0.717) is 5.75 Å². The highest BCUT2D eigenvalue weighted by Gasteiger charge is 2.46. The van der Waals surface area contributed by atoms with Gasteiger partial charge in [0.05, 0.1) is 7.11 Å². The summed E-state index contributed by atoms with van der Waals surface area (Å²) in [4.78, 5) is 0. The highest BCUT2D eigenvalue weighted by Crippen LogP contribution is 2.54. The zero-order chi connectivity index (χ0) is 13.6. The summed E-state index contributed by atoms with van der Waals surface area (Å²) in [6.45, 7) is 8.84. The van der Waals surface area contributed by atoms with E-state index in [9.17, 15) is 5.11 Å². The van der Waals surface area contributed by atoms with E-state index in [0.717, 1.165) is 11.3 Å². The number of methoxy groups -OCH3 is 1. The van der Waals surface area contributed by atoms with E-state index in [2.05, 4.69) is 26.8 Å². The normalized spacial score (nSPS) is 26.3. The van der Waals surface area contributed by atoms with Gasteiger partial charge in [0.15, 0.2) is 0 Å². The molecule has 2 rings (SSSR count). The number of phenols is 1. The second-order valence-corrected chi connectivity index (χ2v) is 6.39. The third kappa shape index (κ3) is 1.79. The van der Waals surface area contributed by atoms with Gasteiger partial charge in [-0.05, 0) is 48.3 Å². The Hall–Kier alpha value is -1.18. The fourth-order valence-corrected chi connectivity index (χ4v) is 3.24. The maximum Gasteiger partial charge on any atom is 0.125 e. The highest BCUT2D eigenvalue weighted by atomic mass is 16.5. The first kappa shape index (κ1) is 13.3. The lowest BCUT2D eigenvalue weighted by Crippen LogP contribution is -2.34. The third-order valence-electron chi connectivity index (χ3n) is 5.16. The predicted molar refractivity (Wildman–Crippen MR) is 74.4 cm³/mol. The summed E-state index contributed by atoms with van der Waals surface area (Å²) < 4.78 is 5.38. The van der Waals surface area contributed by atoms with Crippen LogP contribution in [0.5, 0.6) is 11.5 Å². The van der Waals surface area contributed by atoms with Crippen molar-refractivity contribution < 1.29 is 9.84 Å². The van der Waals surface area contributed by atoms with Gasteiger partial charge in [-0.15, -0.1) is 0 Å². The Morgan fingerprint density at radius 3 is 2.33 bits per heavy atom. The van der Waals surface area contributed by atoms with Gasteiger partial charge in [-0.3, -0.25) is 0 Å². The van der Waals surface area contributed by atoms with Crippen molar-refractivity contribution in [2.45, 2.75) is 52.4 Å². The van der Waals surface area contributed by atoms with Crippen LogP contribution in [-0.4, -0.2) is 12.2 Å². The van der Waals surface area contributed by atoms with Gasteiger partial charge in [-0.2, -0.15) is 0 Å². The van der Waals surface area contributed by atoms with Crippen molar-refractivity contribution in [2.24, 2.45) is 5.41 Å². The molecule has 0 amide bonds. The van der Waals surface area contributed by atoms with Crippen LogP contribution in [0.15, 0.2) is 12.1 Å². The molecule has 1 N–H and O–H groups in total. The first-order valence-corrected chi connectivity index (χ1v) is 6.70. The van der Waals surface area contributed by atoms with Crippen LogP contribution in [0.3, 0.4) is 0 Å². The van der Waals surface area contributed by atoms with E-state index in [1.807, 2.05) is 13.0 Å². The van der Waals surface area contributed by atoms with Crippen LogP contribution in [0.25, 0.3) is 0 Å². The van der Waals surface area contributed by atoms with E-state index in [4.69, 9.17) is 4.74 Å². The molecule has 100 valence electrons. The zero-order valence-corrected chi connectivity index (χ0v) is 12.1. The lowest BCUT2D eigenvalue weighted by Gasteiger charge is -2.39. The first-order valence-electron chi connectivity index (χ1n) is 6.70. The Morgan fingerprint density at radius 2 is 1.83 bits per heavy atom. The monoisotopic (exact) mass is 248 g/mol. The predicted octanol–water partition coefficient (Wildman–Crippen LogP) is 4.18. The van der Waals surface area contributed by atoms with Crippen LogP contribution in [0.1, 0.15) is 51.2 Å². The van der Waals surface area contributed by atoms with E-state index >= 15 is 0 Å². The average Bonchev–Trinajstić information content (AvgIpc) is 2.58. The Kier molecular flexibility index (Phi) is 3.08. The largest absolute Gasteiger partial charge is 0.508 e. The topological polar surface area (TPSA) is 29.5 Å². The fourth-order valence-electron chi connectivity index (χ4n) is 3.24. The summed E-state index contributed by atoms with van der Waals surface area (Å²) >= 11 is 0. The molecule has 1 fully saturated rings. The molecule has 1 aliphatic carbocycles. The van der Waals surface area contributed by atoms with E-state index in [1.165, 1.54) is 24.8 Å². The van der Waals surface area contributed by atoms with Crippen molar-refractivity contribution in [3.05, 3.63) is 23.3 Å². The molecule has 0 heterocycles. The molecule has 18 heavy (non-hydrogen) atoms. The molecule has 1 aromatic carbocycles. The van der Waals surface area contributed by atoms with Gasteiger partial charge in [0.1, 0.15) is 11.5 Å². The minimum Gasteiger partial charge on any atom is -0.508 e. The summed E-state index contributed by atoms with van der Waals surface area (Å²) in [6, 6.07) is 4.02. The molecule has 1 saturated carbocycles. The number of hydrogen-bond acceptors (Lipinski definition) is 2. The second kappa shape index (κ2) is 4.18. The summed E-state index contributed by atoms with van der Waals surface area (Å²) in [5.41, 5.74) is 2.40. The number of ether oxygens (including phenoxy) is 1. The molecule has 0 radical (unpaired) electrons. The third-order valence-corrected chi connectivity index (χ3v) is 5.16. The van der Waals surface area contributed by atoms with Crippen LogP contribution < -0.4 is 4.74 Å². The molecule has 0 saturated heterocycles. The van der Waals surface area contributed by atoms with Gasteiger partial charge in [0.2, 0.25) is 0 Å². The Bertz CT molecular complexity index is 462. The SMILES string of the molecule is COc1cc([C@@]2(C)CCCC2(C)C)cc(O)c1C. The van der Waals surface area contributed by atoms with Gasteiger partial charge < -0.3 is 9.84 Å². The highest BCUT2D eigenvalue weighted by molar-refractivity contribution is 5.49. The van der Waals surface area contributed by atoms with E-state index < -0.39 is 0 Å². The average molecular weight is 248 g/mol. The van der Waals surface area contributed by atoms with Gasteiger partial charge >= 0.3 is 0 Å². The zero-order valence-electron chi connectivity index (χ0n) is 12.1. The van der Waals surface area contributed by atoms with Gasteiger partial charge in [0.25, 0.3) is 0 Å². The van der Waals surface area contributed by atoms with Crippen LogP contribution in [0, 0.1) is 12.3 Å². The summed E-state index contributed by atoms with van der Waals surface area (Å²) in [6.07, 6.45) is 3.66. The molecule has 1 atom stereocenters. The van der Waals surface area contributed by atoms with Crippen molar-refractivity contribution in [3.8, 4) is 11.5 Å². The summed E-state index contributed by atoms with van der Waals surface area (Å²) in [7, 11) is 1.66. The molecule has 2 heteroatoms. The van der Waals surface area contributed by atoms with E-state index in [1.54, 1.807) is 7.11 Å². The van der Waals surface area contributed by atoms with Crippen molar-refractivity contribution in [3.63, 3.8) is 0 Å². The molecule has 0 unspecified atom stereocenters. The molecular formula is C16H24O2. The molecule has 0 spiro atoms. The number of phenolic OH excluding ortho intramolecular Hbond substituents is 1. The van der Waals surface area contributed by atoms with Gasteiger partial charge in [-0.1, -0.05) is 27.2 Å². The van der Waals surface area contributed by atoms with Crippen molar-refractivity contribution in [2.75, 3.05) is 7.11 Å². The molecule has 0 bridgehead atoms. The second-order valence-electron chi connectivity index (χ2n) is 6.39. The standard InChI is InChI=1S/C16H24O2/c1-11-13(17)9-12(10-14(11)18-5)16(4)8-6-7-15(16,2)3/h9-10,17H,6-8H2,1-5H3/t16-/m1/s1. The molecule has 0 aliphatic heterocycles. The number of hydrogen-bond donors (Lipinski definition) is 1.